The molecule has 0 aromatic carbocycles. The standard InChI is InChI=1S/C8H9N5O/c14-2-4-1-5-12-7-6(9-3-10-7)8(11-4)13-5/h3-4,14H,1-2H2,(H2,9,10,11,12,13). The van der Waals surface area contributed by atoms with Gasteiger partial charge in [-0.2, -0.15) is 0 Å². The van der Waals surface area contributed by atoms with Gasteiger partial charge in [-0.1, -0.05) is 0 Å². The van der Waals surface area contributed by atoms with E-state index < -0.39 is 0 Å². The highest BCUT2D eigenvalue weighted by Gasteiger charge is 2.20. The van der Waals surface area contributed by atoms with E-state index in [0.717, 1.165) is 17.2 Å². The Balaban J connectivity index is 2.20. The molecular weight excluding hydrogens is 182 g/mol. The fraction of sp³-hybridized carbons (Fsp3) is 0.375. The number of H-pyrrole nitrogens is 1. The molecule has 0 spiro atoms. The molecule has 6 nitrogen and oxygen atoms in total. The molecule has 2 aromatic heterocycles. The Morgan fingerprint density at radius 2 is 2.43 bits per heavy atom. The second-order valence-electron chi connectivity index (χ2n) is 3.32. The first-order valence-electron chi connectivity index (χ1n) is 4.44. The molecule has 1 aliphatic rings. The topological polar surface area (TPSA) is 86.7 Å². The number of fused-ring (bicyclic) bond motifs is 4. The van der Waals surface area contributed by atoms with Crippen LogP contribution in [0.4, 0.5) is 5.82 Å². The molecule has 14 heavy (non-hydrogen) atoms. The Hall–Kier alpha value is -1.69. The minimum Gasteiger partial charge on any atom is -0.394 e. The van der Waals surface area contributed by atoms with Crippen molar-refractivity contribution in [3.8, 4) is 0 Å². The summed E-state index contributed by atoms with van der Waals surface area (Å²) in [5, 5.41) is 12.2. The third-order valence-electron chi connectivity index (χ3n) is 2.32. The number of hydrogen-bond acceptors (Lipinski definition) is 5. The molecule has 6 heteroatoms. The van der Waals surface area contributed by atoms with E-state index >= 15 is 0 Å². The van der Waals surface area contributed by atoms with Gasteiger partial charge >= 0.3 is 0 Å². The zero-order valence-electron chi connectivity index (χ0n) is 7.36. The Morgan fingerprint density at radius 3 is 3.29 bits per heavy atom. The average Bonchev–Trinajstić information content (AvgIpc) is 2.65. The Bertz CT molecular complexity index is 480. The molecule has 0 saturated carbocycles. The van der Waals surface area contributed by atoms with Gasteiger partial charge in [-0.15, -0.1) is 0 Å². The van der Waals surface area contributed by atoms with E-state index in [4.69, 9.17) is 5.11 Å². The summed E-state index contributed by atoms with van der Waals surface area (Å²) >= 11 is 0. The average molecular weight is 191 g/mol. The third-order valence-corrected chi connectivity index (χ3v) is 2.32. The predicted octanol–water partition coefficient (Wildman–Crippen LogP) is -0.318. The molecule has 1 unspecified atom stereocenters. The number of anilines is 1. The second-order valence-corrected chi connectivity index (χ2v) is 3.32. The fourth-order valence-corrected chi connectivity index (χ4v) is 1.65. The quantitative estimate of drug-likeness (QED) is 0.575. The van der Waals surface area contributed by atoms with Crippen molar-refractivity contribution in [2.24, 2.45) is 0 Å². The van der Waals surface area contributed by atoms with Crippen LogP contribution in [0.3, 0.4) is 0 Å². The molecule has 0 aliphatic carbocycles. The van der Waals surface area contributed by atoms with Crippen LogP contribution < -0.4 is 5.32 Å². The van der Waals surface area contributed by atoms with Crippen LogP contribution in [0.25, 0.3) is 11.2 Å². The lowest BCUT2D eigenvalue weighted by atomic mass is 10.1. The summed E-state index contributed by atoms with van der Waals surface area (Å²) in [6.45, 7) is 0.0848. The van der Waals surface area contributed by atoms with Crippen molar-refractivity contribution in [1.82, 2.24) is 19.9 Å². The first-order chi connectivity index (χ1) is 6.86. The molecule has 0 fully saturated rings. The molecule has 0 radical (unpaired) electrons. The van der Waals surface area contributed by atoms with E-state index in [-0.39, 0.29) is 12.6 Å². The first kappa shape index (κ1) is 7.69. The zero-order valence-corrected chi connectivity index (χ0v) is 7.36. The summed E-state index contributed by atoms with van der Waals surface area (Å²) < 4.78 is 0. The normalized spacial score (nSPS) is 19.6. The zero-order chi connectivity index (χ0) is 9.54. The number of hydrogen-bond donors (Lipinski definition) is 3. The summed E-state index contributed by atoms with van der Waals surface area (Å²) in [6, 6.07) is 0.0118. The monoisotopic (exact) mass is 191 g/mol. The van der Waals surface area contributed by atoms with E-state index in [0.29, 0.717) is 12.1 Å². The Kier molecular flexibility index (Phi) is 1.45. The molecule has 0 amide bonds. The van der Waals surface area contributed by atoms with Crippen molar-refractivity contribution < 1.29 is 5.11 Å². The van der Waals surface area contributed by atoms with Crippen LogP contribution in [-0.2, 0) is 6.42 Å². The van der Waals surface area contributed by atoms with Gasteiger partial charge in [0, 0.05) is 6.42 Å². The van der Waals surface area contributed by atoms with Crippen LogP contribution in [0.5, 0.6) is 0 Å². The van der Waals surface area contributed by atoms with Crippen LogP contribution in [0.15, 0.2) is 6.33 Å². The minimum atomic E-state index is 0.0118. The van der Waals surface area contributed by atoms with Crippen LogP contribution in [0.1, 0.15) is 5.82 Å². The Labute approximate surface area is 79.4 Å². The van der Waals surface area contributed by atoms with Crippen molar-refractivity contribution in [3.05, 3.63) is 12.2 Å². The molecule has 1 atom stereocenters. The summed E-state index contributed by atoms with van der Waals surface area (Å²) in [6.07, 6.45) is 2.24. The SMILES string of the molecule is OCC1Cc2nc(c3[nH]cnc3n2)N1. The number of imidazole rings is 1. The van der Waals surface area contributed by atoms with E-state index in [2.05, 4.69) is 25.3 Å². The number of nitrogens with zero attached hydrogens (tertiary/aromatic N) is 3. The predicted molar refractivity (Wildman–Crippen MR) is 49.9 cm³/mol. The number of nitrogens with one attached hydrogen (secondary N) is 2. The number of aromatic amines is 1. The largest absolute Gasteiger partial charge is 0.394 e. The second kappa shape index (κ2) is 2.65. The highest BCUT2D eigenvalue weighted by atomic mass is 16.3. The van der Waals surface area contributed by atoms with Crippen LogP contribution in [0.2, 0.25) is 0 Å². The number of aromatic nitrogens is 4. The van der Waals surface area contributed by atoms with Crippen LogP contribution in [0, 0.1) is 0 Å². The first-order valence-corrected chi connectivity index (χ1v) is 4.44. The van der Waals surface area contributed by atoms with Gasteiger partial charge < -0.3 is 15.4 Å². The van der Waals surface area contributed by atoms with Gasteiger partial charge in [0.2, 0.25) is 0 Å². The molecule has 1 aliphatic heterocycles. The van der Waals surface area contributed by atoms with Gasteiger partial charge in [0.25, 0.3) is 0 Å². The van der Waals surface area contributed by atoms with Gasteiger partial charge in [-0.3, -0.25) is 0 Å². The number of rotatable bonds is 1. The van der Waals surface area contributed by atoms with Gasteiger partial charge in [-0.25, -0.2) is 15.0 Å². The van der Waals surface area contributed by atoms with Crippen molar-refractivity contribution in [3.63, 3.8) is 0 Å². The molecule has 3 N–H and O–H groups in total. The summed E-state index contributed by atoms with van der Waals surface area (Å²) in [4.78, 5) is 15.6. The molecular formula is C8H9N5O. The van der Waals surface area contributed by atoms with E-state index in [1.165, 1.54) is 0 Å². The van der Waals surface area contributed by atoms with Crippen molar-refractivity contribution >= 4 is 17.0 Å². The molecule has 72 valence electrons. The number of aliphatic hydroxyl groups is 1. The van der Waals surface area contributed by atoms with Gasteiger partial charge in [0.05, 0.1) is 19.0 Å². The maximum absolute atomic E-state index is 9.05. The van der Waals surface area contributed by atoms with Crippen LogP contribution in [-0.4, -0.2) is 37.7 Å². The Morgan fingerprint density at radius 1 is 1.50 bits per heavy atom. The maximum atomic E-state index is 9.05. The minimum absolute atomic E-state index is 0.0118. The smallest absolute Gasteiger partial charge is 0.183 e. The molecule has 3 rings (SSSR count). The maximum Gasteiger partial charge on any atom is 0.183 e. The van der Waals surface area contributed by atoms with Crippen LogP contribution >= 0.6 is 0 Å². The highest BCUT2D eigenvalue weighted by molar-refractivity contribution is 5.83. The van der Waals surface area contributed by atoms with Crippen molar-refractivity contribution in [1.29, 1.82) is 0 Å². The molecule has 0 saturated heterocycles. The van der Waals surface area contributed by atoms with Gasteiger partial charge in [0.15, 0.2) is 11.5 Å². The highest BCUT2D eigenvalue weighted by Crippen LogP contribution is 2.21. The lowest BCUT2D eigenvalue weighted by Gasteiger charge is -2.21. The lowest BCUT2D eigenvalue weighted by Crippen LogP contribution is -2.31. The summed E-state index contributed by atoms with van der Waals surface area (Å²) in [7, 11) is 0. The number of aliphatic hydroxyl groups excluding tert-OH is 1. The fourth-order valence-electron chi connectivity index (χ4n) is 1.65. The van der Waals surface area contributed by atoms with E-state index in [1.54, 1.807) is 6.33 Å². The molecule has 2 aromatic rings. The van der Waals surface area contributed by atoms with Crippen molar-refractivity contribution in [2.45, 2.75) is 12.5 Å². The third kappa shape index (κ3) is 0.973. The lowest BCUT2D eigenvalue weighted by molar-refractivity contribution is 0.270. The van der Waals surface area contributed by atoms with Crippen molar-refractivity contribution in [2.75, 3.05) is 11.9 Å². The summed E-state index contributed by atoms with van der Waals surface area (Å²) in [5.74, 6) is 1.46. The summed E-state index contributed by atoms with van der Waals surface area (Å²) in [5.41, 5.74) is 1.47. The molecule has 2 bridgehead atoms. The molecule has 3 heterocycles. The van der Waals surface area contributed by atoms with E-state index in [9.17, 15) is 0 Å². The van der Waals surface area contributed by atoms with Gasteiger partial charge in [-0.05, 0) is 0 Å². The van der Waals surface area contributed by atoms with Gasteiger partial charge in [0.1, 0.15) is 11.3 Å². The van der Waals surface area contributed by atoms with E-state index in [1.807, 2.05) is 0 Å².